The molecule has 144 valence electrons. The van der Waals surface area contributed by atoms with Crippen LogP contribution >= 0.6 is 0 Å². The van der Waals surface area contributed by atoms with E-state index in [4.69, 9.17) is 9.47 Å². The molecule has 3 rings (SSSR count). The van der Waals surface area contributed by atoms with E-state index in [1.807, 2.05) is 48.2 Å². The van der Waals surface area contributed by atoms with Crippen LogP contribution in [-0.2, 0) is 16.1 Å². The predicted molar refractivity (Wildman–Crippen MR) is 104 cm³/mol. The fraction of sp³-hybridized carbons (Fsp3) is 0.364. The Kier molecular flexibility index (Phi) is 6.48. The molecule has 0 amide bonds. The quantitative estimate of drug-likeness (QED) is 0.751. The van der Waals surface area contributed by atoms with Crippen LogP contribution in [0, 0.1) is 5.82 Å². The van der Waals surface area contributed by atoms with Crippen molar-refractivity contribution in [2.45, 2.75) is 25.6 Å². The topological polar surface area (TPSA) is 41.9 Å². The fourth-order valence-corrected chi connectivity index (χ4v) is 3.16. The van der Waals surface area contributed by atoms with Crippen LogP contribution in [0.1, 0.15) is 24.0 Å². The molecule has 2 aromatic rings. The van der Waals surface area contributed by atoms with Gasteiger partial charge in [-0.05, 0) is 23.3 Å². The molecular formula is C22H26FNO3. The van der Waals surface area contributed by atoms with Gasteiger partial charge in [-0.25, -0.2) is 4.39 Å². The molecule has 0 aromatic heterocycles. The number of rotatable bonds is 7. The zero-order valence-electron chi connectivity index (χ0n) is 15.6. The van der Waals surface area contributed by atoms with Crippen LogP contribution in [-0.4, -0.2) is 37.5 Å². The van der Waals surface area contributed by atoms with Gasteiger partial charge in [0.25, 0.3) is 0 Å². The zero-order chi connectivity index (χ0) is 19.2. The largest absolute Gasteiger partial charge is 0.491 e. The van der Waals surface area contributed by atoms with Gasteiger partial charge in [-0.3, -0.25) is 0 Å². The summed E-state index contributed by atoms with van der Waals surface area (Å²) in [5, 5.41) is 10.6. The number of nitrogens with zero attached hydrogens (tertiary/aromatic N) is 1. The first-order valence-electron chi connectivity index (χ1n) is 9.22. The highest BCUT2D eigenvalue weighted by Gasteiger charge is 2.23. The summed E-state index contributed by atoms with van der Waals surface area (Å²) in [5.74, 6) is -0.338. The summed E-state index contributed by atoms with van der Waals surface area (Å²) in [5.41, 5.74) is 2.28. The van der Waals surface area contributed by atoms with E-state index in [0.717, 1.165) is 5.56 Å². The van der Waals surface area contributed by atoms with Crippen LogP contribution in [0.15, 0.2) is 60.9 Å². The van der Waals surface area contributed by atoms with Crippen LogP contribution in [0.25, 0.3) is 0 Å². The number of aliphatic hydroxyl groups excluding tert-OH is 1. The van der Waals surface area contributed by atoms with Gasteiger partial charge in [0.1, 0.15) is 24.3 Å². The van der Waals surface area contributed by atoms with E-state index in [2.05, 4.69) is 6.58 Å². The van der Waals surface area contributed by atoms with E-state index in [9.17, 15) is 9.50 Å². The second kappa shape index (κ2) is 9.02. The van der Waals surface area contributed by atoms with Crippen molar-refractivity contribution >= 4 is 5.69 Å². The molecule has 1 fully saturated rings. The molecule has 2 atom stereocenters. The molecular weight excluding hydrogens is 345 g/mol. The van der Waals surface area contributed by atoms with Crippen LogP contribution in [0.3, 0.4) is 0 Å². The third-order valence-corrected chi connectivity index (χ3v) is 4.92. The van der Waals surface area contributed by atoms with E-state index < -0.39 is 6.10 Å². The third kappa shape index (κ3) is 4.87. The zero-order valence-corrected chi connectivity index (χ0v) is 15.6. The summed E-state index contributed by atoms with van der Waals surface area (Å²) in [7, 11) is 0. The minimum absolute atomic E-state index is 0.281. The normalized spacial score (nSPS) is 16.6. The second-order valence-electron chi connectivity index (χ2n) is 6.78. The van der Waals surface area contributed by atoms with Gasteiger partial charge in [0.2, 0.25) is 0 Å². The standard InChI is InChI=1S/C22H26FNO3/c1-16(22(25)17(2)27-15-18-6-4-3-5-7-18)19-8-9-21(20(23)14-19)24-10-12-26-13-11-24/h3-9,14,16,22,25H,2,10-13,15H2,1H3/t16-,22+/m0/s1. The highest BCUT2D eigenvalue weighted by molar-refractivity contribution is 5.50. The molecule has 4 nitrogen and oxygen atoms in total. The summed E-state index contributed by atoms with van der Waals surface area (Å²) in [6.07, 6.45) is -0.914. The highest BCUT2D eigenvalue weighted by Crippen LogP contribution is 2.29. The molecule has 1 N–H and O–H groups in total. The van der Waals surface area contributed by atoms with Crippen molar-refractivity contribution < 1.29 is 19.0 Å². The maximum Gasteiger partial charge on any atom is 0.146 e. The van der Waals surface area contributed by atoms with E-state index in [1.165, 1.54) is 6.07 Å². The minimum atomic E-state index is -0.914. The molecule has 0 saturated carbocycles. The van der Waals surface area contributed by atoms with Crippen molar-refractivity contribution in [1.82, 2.24) is 0 Å². The molecule has 5 heteroatoms. The first-order chi connectivity index (χ1) is 13.1. The number of benzene rings is 2. The van der Waals surface area contributed by atoms with Crippen LogP contribution in [0.2, 0.25) is 0 Å². The van der Waals surface area contributed by atoms with Crippen molar-refractivity contribution in [2.24, 2.45) is 0 Å². The maximum atomic E-state index is 14.6. The van der Waals surface area contributed by atoms with Crippen LogP contribution < -0.4 is 4.90 Å². The lowest BCUT2D eigenvalue weighted by Gasteiger charge is -2.29. The van der Waals surface area contributed by atoms with E-state index in [-0.39, 0.29) is 17.5 Å². The summed E-state index contributed by atoms with van der Waals surface area (Å²) >= 11 is 0. The third-order valence-electron chi connectivity index (χ3n) is 4.92. The van der Waals surface area contributed by atoms with Crippen molar-refractivity contribution in [1.29, 1.82) is 0 Å². The molecule has 1 saturated heterocycles. The van der Waals surface area contributed by atoms with Crippen LogP contribution in [0.5, 0.6) is 0 Å². The Balaban J connectivity index is 1.62. The number of morpholine rings is 1. The van der Waals surface area contributed by atoms with E-state index in [1.54, 1.807) is 6.07 Å². The Morgan fingerprint density at radius 1 is 1.22 bits per heavy atom. The Morgan fingerprint density at radius 2 is 1.93 bits per heavy atom. The molecule has 0 spiro atoms. The average molecular weight is 371 g/mol. The number of hydrogen-bond acceptors (Lipinski definition) is 4. The fourth-order valence-electron chi connectivity index (χ4n) is 3.16. The van der Waals surface area contributed by atoms with Gasteiger partial charge < -0.3 is 19.5 Å². The lowest BCUT2D eigenvalue weighted by atomic mass is 9.94. The Labute approximate surface area is 159 Å². The lowest BCUT2D eigenvalue weighted by molar-refractivity contribution is 0.0821. The molecule has 0 aliphatic carbocycles. The van der Waals surface area contributed by atoms with Gasteiger partial charge in [-0.1, -0.05) is 49.9 Å². The first-order valence-corrected chi connectivity index (χ1v) is 9.22. The Bertz CT molecular complexity index is 759. The van der Waals surface area contributed by atoms with Gasteiger partial charge in [0, 0.05) is 19.0 Å². The SMILES string of the molecule is C=C(OCc1ccccc1)[C@H](O)[C@@H](C)c1ccc(N2CCOCC2)c(F)c1. The smallest absolute Gasteiger partial charge is 0.146 e. The monoisotopic (exact) mass is 371 g/mol. The highest BCUT2D eigenvalue weighted by atomic mass is 19.1. The van der Waals surface area contributed by atoms with E-state index >= 15 is 0 Å². The molecule has 1 aliphatic rings. The number of anilines is 1. The average Bonchev–Trinajstić information content (AvgIpc) is 2.72. The van der Waals surface area contributed by atoms with Gasteiger partial charge >= 0.3 is 0 Å². The number of aliphatic hydroxyl groups is 1. The van der Waals surface area contributed by atoms with Crippen molar-refractivity contribution in [3.05, 3.63) is 77.8 Å². The molecule has 1 aliphatic heterocycles. The maximum absolute atomic E-state index is 14.6. The van der Waals surface area contributed by atoms with Gasteiger partial charge in [0.15, 0.2) is 0 Å². The van der Waals surface area contributed by atoms with E-state index in [0.29, 0.717) is 44.2 Å². The molecule has 27 heavy (non-hydrogen) atoms. The molecule has 0 unspecified atom stereocenters. The molecule has 0 bridgehead atoms. The number of ether oxygens (including phenoxy) is 2. The van der Waals surface area contributed by atoms with Gasteiger partial charge in [-0.2, -0.15) is 0 Å². The Hall–Kier alpha value is -2.37. The molecule has 0 radical (unpaired) electrons. The predicted octanol–water partition coefficient (Wildman–Crippen LogP) is 3.86. The number of halogens is 1. The minimum Gasteiger partial charge on any atom is -0.491 e. The second-order valence-corrected chi connectivity index (χ2v) is 6.78. The summed E-state index contributed by atoms with van der Waals surface area (Å²) in [4.78, 5) is 1.98. The van der Waals surface area contributed by atoms with Gasteiger partial charge in [-0.15, -0.1) is 0 Å². The lowest BCUT2D eigenvalue weighted by Crippen LogP contribution is -2.36. The summed E-state index contributed by atoms with van der Waals surface area (Å²) < 4.78 is 25.5. The molecule has 1 heterocycles. The van der Waals surface area contributed by atoms with Crippen molar-refractivity contribution in [3.8, 4) is 0 Å². The summed E-state index contributed by atoms with van der Waals surface area (Å²) in [6, 6.07) is 14.8. The van der Waals surface area contributed by atoms with Crippen molar-refractivity contribution in [3.63, 3.8) is 0 Å². The van der Waals surface area contributed by atoms with Crippen LogP contribution in [0.4, 0.5) is 10.1 Å². The first kappa shape index (κ1) is 19.4. The number of hydrogen-bond donors (Lipinski definition) is 1. The van der Waals surface area contributed by atoms with Crippen molar-refractivity contribution in [2.75, 3.05) is 31.2 Å². The Morgan fingerprint density at radius 3 is 2.59 bits per heavy atom. The molecule has 2 aromatic carbocycles. The van der Waals surface area contributed by atoms with Gasteiger partial charge in [0.05, 0.1) is 18.9 Å². The summed E-state index contributed by atoms with van der Waals surface area (Å²) in [6.45, 7) is 8.59.